The Balaban J connectivity index is 1.70. The second-order valence-corrected chi connectivity index (χ2v) is 5.19. The first-order valence-corrected chi connectivity index (χ1v) is 7.33. The summed E-state index contributed by atoms with van der Waals surface area (Å²) in [4.78, 5) is 17.6. The standard InChI is InChI=1S/C17H14N4O2/c22-17-21(9-10-23-17)13-5-7-16-14(11-13)15(19-20-16)6-4-12-3-1-2-8-18-12/h1-8,11H,9-10H2,(H,19,20)/b6-4+. The molecule has 0 atom stereocenters. The molecule has 114 valence electrons. The number of ether oxygens (including phenoxy) is 1. The Morgan fingerprint density at radius 1 is 1.22 bits per heavy atom. The Labute approximate surface area is 132 Å². The lowest BCUT2D eigenvalue weighted by Gasteiger charge is -2.12. The summed E-state index contributed by atoms with van der Waals surface area (Å²) in [5.41, 5.74) is 3.40. The monoisotopic (exact) mass is 306 g/mol. The second kappa shape index (κ2) is 5.57. The second-order valence-electron chi connectivity index (χ2n) is 5.19. The Morgan fingerprint density at radius 2 is 2.17 bits per heavy atom. The number of hydrogen-bond acceptors (Lipinski definition) is 4. The molecule has 2 aromatic heterocycles. The first-order valence-electron chi connectivity index (χ1n) is 7.33. The van der Waals surface area contributed by atoms with Gasteiger partial charge in [0.05, 0.1) is 23.4 Å². The van der Waals surface area contributed by atoms with Crippen LogP contribution in [0.25, 0.3) is 23.1 Å². The van der Waals surface area contributed by atoms with E-state index in [2.05, 4.69) is 15.2 Å². The number of aromatic amines is 1. The highest BCUT2D eigenvalue weighted by molar-refractivity contribution is 5.96. The maximum atomic E-state index is 11.7. The third kappa shape index (κ3) is 2.55. The number of amides is 1. The lowest BCUT2D eigenvalue weighted by Crippen LogP contribution is -2.23. The highest BCUT2D eigenvalue weighted by atomic mass is 16.6. The fraction of sp³-hybridized carbons (Fsp3) is 0.118. The van der Waals surface area contributed by atoms with Gasteiger partial charge in [0.1, 0.15) is 6.61 Å². The van der Waals surface area contributed by atoms with E-state index in [0.717, 1.165) is 28.0 Å². The van der Waals surface area contributed by atoms with Crippen molar-refractivity contribution in [1.82, 2.24) is 15.2 Å². The third-order valence-corrected chi connectivity index (χ3v) is 3.75. The van der Waals surface area contributed by atoms with E-state index in [1.54, 1.807) is 11.1 Å². The molecule has 0 radical (unpaired) electrons. The normalized spacial score (nSPS) is 14.8. The molecule has 4 rings (SSSR count). The number of carbonyl (C=O) groups excluding carboxylic acids is 1. The van der Waals surface area contributed by atoms with Crippen molar-refractivity contribution in [3.63, 3.8) is 0 Å². The van der Waals surface area contributed by atoms with Crippen LogP contribution in [0.4, 0.5) is 10.5 Å². The number of fused-ring (bicyclic) bond motifs is 1. The summed E-state index contributed by atoms with van der Waals surface area (Å²) in [5, 5.41) is 8.27. The molecule has 6 nitrogen and oxygen atoms in total. The molecule has 0 aliphatic carbocycles. The summed E-state index contributed by atoms with van der Waals surface area (Å²) in [5.74, 6) is 0. The van der Waals surface area contributed by atoms with Gasteiger partial charge in [-0.2, -0.15) is 5.10 Å². The minimum absolute atomic E-state index is 0.307. The van der Waals surface area contributed by atoms with Crippen LogP contribution in [-0.4, -0.2) is 34.4 Å². The van der Waals surface area contributed by atoms with Crippen molar-refractivity contribution in [3.05, 3.63) is 54.0 Å². The van der Waals surface area contributed by atoms with Gasteiger partial charge in [-0.1, -0.05) is 6.07 Å². The molecule has 6 heteroatoms. The number of cyclic esters (lactones) is 1. The summed E-state index contributed by atoms with van der Waals surface area (Å²) in [6.45, 7) is 0.996. The number of carbonyl (C=O) groups is 1. The average Bonchev–Trinajstić information content (AvgIpc) is 3.19. The molecule has 1 fully saturated rings. The van der Waals surface area contributed by atoms with E-state index in [1.165, 1.54) is 0 Å². The van der Waals surface area contributed by atoms with Crippen molar-refractivity contribution in [1.29, 1.82) is 0 Å². The molecule has 3 heterocycles. The summed E-state index contributed by atoms with van der Waals surface area (Å²) in [6, 6.07) is 11.5. The molecule has 1 N–H and O–H groups in total. The van der Waals surface area contributed by atoms with Gasteiger partial charge in [-0.05, 0) is 42.5 Å². The number of rotatable bonds is 3. The van der Waals surface area contributed by atoms with Crippen LogP contribution in [0.5, 0.6) is 0 Å². The maximum absolute atomic E-state index is 11.7. The Bertz CT molecular complexity index is 886. The number of benzene rings is 1. The van der Waals surface area contributed by atoms with Crippen LogP contribution >= 0.6 is 0 Å². The van der Waals surface area contributed by atoms with E-state index in [1.807, 2.05) is 48.6 Å². The van der Waals surface area contributed by atoms with Crippen LogP contribution < -0.4 is 4.90 Å². The molecule has 1 aliphatic heterocycles. The molecule has 1 amide bonds. The smallest absolute Gasteiger partial charge is 0.414 e. The van der Waals surface area contributed by atoms with Gasteiger partial charge >= 0.3 is 6.09 Å². The molecule has 1 saturated heterocycles. The first kappa shape index (κ1) is 13.5. The Kier molecular flexibility index (Phi) is 3.27. The molecule has 1 aromatic carbocycles. The van der Waals surface area contributed by atoms with E-state index in [0.29, 0.717) is 13.2 Å². The number of nitrogens with one attached hydrogen (secondary N) is 1. The number of hydrogen-bond donors (Lipinski definition) is 1. The molecule has 1 aliphatic rings. The Morgan fingerprint density at radius 3 is 2.96 bits per heavy atom. The molecule has 23 heavy (non-hydrogen) atoms. The molecule has 0 spiro atoms. The predicted molar refractivity (Wildman–Crippen MR) is 88.0 cm³/mol. The van der Waals surface area contributed by atoms with Crippen molar-refractivity contribution in [2.24, 2.45) is 0 Å². The number of aromatic nitrogens is 3. The summed E-state index contributed by atoms with van der Waals surface area (Å²) in [6.07, 6.45) is 5.26. The topological polar surface area (TPSA) is 71.1 Å². The van der Waals surface area contributed by atoms with Crippen LogP contribution in [0.3, 0.4) is 0 Å². The largest absolute Gasteiger partial charge is 0.447 e. The van der Waals surface area contributed by atoms with Gasteiger partial charge in [0.2, 0.25) is 0 Å². The van der Waals surface area contributed by atoms with Gasteiger partial charge in [-0.15, -0.1) is 0 Å². The van der Waals surface area contributed by atoms with E-state index in [-0.39, 0.29) is 6.09 Å². The van der Waals surface area contributed by atoms with Gasteiger partial charge in [0, 0.05) is 17.3 Å². The average molecular weight is 306 g/mol. The summed E-state index contributed by atoms with van der Waals surface area (Å²) < 4.78 is 4.99. The zero-order chi connectivity index (χ0) is 15.6. The molecular weight excluding hydrogens is 292 g/mol. The molecule has 0 unspecified atom stereocenters. The van der Waals surface area contributed by atoms with E-state index in [4.69, 9.17) is 4.74 Å². The minimum atomic E-state index is -0.307. The quantitative estimate of drug-likeness (QED) is 0.807. The SMILES string of the molecule is O=C1OCCN1c1ccc2[nH]nc(/C=C/c3ccccn3)c2c1. The zero-order valence-corrected chi connectivity index (χ0v) is 12.3. The molecular formula is C17H14N4O2. The van der Waals surface area contributed by atoms with Crippen molar-refractivity contribution in [3.8, 4) is 0 Å². The van der Waals surface area contributed by atoms with Crippen molar-refractivity contribution >= 4 is 34.8 Å². The van der Waals surface area contributed by atoms with Gasteiger partial charge in [0.15, 0.2) is 0 Å². The number of pyridine rings is 1. The van der Waals surface area contributed by atoms with Crippen LogP contribution in [0.1, 0.15) is 11.4 Å². The van der Waals surface area contributed by atoms with E-state index < -0.39 is 0 Å². The summed E-state index contributed by atoms with van der Waals surface area (Å²) >= 11 is 0. The fourth-order valence-corrected chi connectivity index (χ4v) is 2.58. The predicted octanol–water partition coefficient (Wildman–Crippen LogP) is 3.08. The lowest BCUT2D eigenvalue weighted by atomic mass is 10.1. The first-order chi connectivity index (χ1) is 11.3. The third-order valence-electron chi connectivity index (χ3n) is 3.75. The lowest BCUT2D eigenvalue weighted by molar-refractivity contribution is 0.181. The van der Waals surface area contributed by atoms with E-state index in [9.17, 15) is 4.79 Å². The molecule has 0 saturated carbocycles. The minimum Gasteiger partial charge on any atom is -0.447 e. The molecule has 0 bridgehead atoms. The van der Waals surface area contributed by atoms with E-state index >= 15 is 0 Å². The highest BCUT2D eigenvalue weighted by Crippen LogP contribution is 2.26. The van der Waals surface area contributed by atoms with Crippen molar-refractivity contribution in [2.75, 3.05) is 18.1 Å². The summed E-state index contributed by atoms with van der Waals surface area (Å²) in [7, 11) is 0. The number of anilines is 1. The number of nitrogens with zero attached hydrogens (tertiary/aromatic N) is 3. The van der Waals surface area contributed by atoms with Crippen LogP contribution in [0.2, 0.25) is 0 Å². The van der Waals surface area contributed by atoms with Gasteiger partial charge in [-0.3, -0.25) is 15.0 Å². The van der Waals surface area contributed by atoms with Crippen LogP contribution in [0, 0.1) is 0 Å². The van der Waals surface area contributed by atoms with Crippen LogP contribution in [0.15, 0.2) is 42.6 Å². The van der Waals surface area contributed by atoms with Gasteiger partial charge < -0.3 is 4.74 Å². The Hall–Kier alpha value is -3.15. The zero-order valence-electron chi connectivity index (χ0n) is 12.3. The fourth-order valence-electron chi connectivity index (χ4n) is 2.58. The highest BCUT2D eigenvalue weighted by Gasteiger charge is 2.23. The van der Waals surface area contributed by atoms with Gasteiger partial charge in [-0.25, -0.2) is 4.79 Å². The number of H-pyrrole nitrogens is 1. The molecule has 3 aromatic rings. The van der Waals surface area contributed by atoms with Crippen molar-refractivity contribution in [2.45, 2.75) is 0 Å². The maximum Gasteiger partial charge on any atom is 0.414 e. The van der Waals surface area contributed by atoms with Gasteiger partial charge in [0.25, 0.3) is 0 Å². The van der Waals surface area contributed by atoms with Crippen molar-refractivity contribution < 1.29 is 9.53 Å². The van der Waals surface area contributed by atoms with Crippen LogP contribution in [-0.2, 0) is 4.74 Å².